The van der Waals surface area contributed by atoms with Gasteiger partial charge in [-0.05, 0) is 43.2 Å². The first-order chi connectivity index (χ1) is 12.6. The molecule has 27 heavy (non-hydrogen) atoms. The standard InChI is InChI=1S/C19H21N3O5/c1-11-8-14(9-15(12(11)2)18(25)27-5)20-16(23)7-6-13-10-21(3)19(26)22(4)17(13)24/h6-10H,1-5H3,(H,20,23)/b7-6+. The molecular weight excluding hydrogens is 350 g/mol. The van der Waals surface area contributed by atoms with Gasteiger partial charge in [0.25, 0.3) is 5.56 Å². The zero-order valence-corrected chi connectivity index (χ0v) is 15.8. The van der Waals surface area contributed by atoms with Gasteiger partial charge in [-0.1, -0.05) is 0 Å². The van der Waals surface area contributed by atoms with Crippen molar-refractivity contribution < 1.29 is 14.3 Å². The van der Waals surface area contributed by atoms with Crippen LogP contribution < -0.4 is 16.6 Å². The smallest absolute Gasteiger partial charge is 0.338 e. The number of nitrogens with one attached hydrogen (secondary N) is 1. The summed E-state index contributed by atoms with van der Waals surface area (Å²) in [5, 5.41) is 2.65. The lowest BCUT2D eigenvalue weighted by Gasteiger charge is -2.11. The van der Waals surface area contributed by atoms with Gasteiger partial charge in [0.2, 0.25) is 5.91 Å². The summed E-state index contributed by atoms with van der Waals surface area (Å²) in [7, 11) is 4.17. The summed E-state index contributed by atoms with van der Waals surface area (Å²) in [5.74, 6) is -0.971. The zero-order valence-electron chi connectivity index (χ0n) is 15.8. The predicted octanol–water partition coefficient (Wildman–Crippen LogP) is 1.14. The topological polar surface area (TPSA) is 99.4 Å². The highest BCUT2D eigenvalue weighted by molar-refractivity contribution is 6.03. The molecule has 1 aromatic carbocycles. The van der Waals surface area contributed by atoms with Crippen LogP contribution >= 0.6 is 0 Å². The molecule has 142 valence electrons. The number of benzene rings is 1. The molecule has 2 rings (SSSR count). The molecule has 0 aliphatic carbocycles. The molecule has 0 radical (unpaired) electrons. The second-order valence-electron chi connectivity index (χ2n) is 6.12. The second kappa shape index (κ2) is 7.86. The first-order valence-electron chi connectivity index (χ1n) is 8.11. The SMILES string of the molecule is COC(=O)c1cc(NC(=O)/C=C/c2cn(C)c(=O)n(C)c2=O)cc(C)c1C. The monoisotopic (exact) mass is 371 g/mol. The average Bonchev–Trinajstić information content (AvgIpc) is 2.63. The molecule has 0 saturated heterocycles. The van der Waals surface area contributed by atoms with Crippen LogP contribution in [0, 0.1) is 13.8 Å². The van der Waals surface area contributed by atoms with E-state index in [1.807, 2.05) is 6.92 Å². The van der Waals surface area contributed by atoms with E-state index < -0.39 is 23.1 Å². The number of aromatic nitrogens is 2. The first kappa shape index (κ1) is 19.9. The van der Waals surface area contributed by atoms with Crippen molar-refractivity contribution in [2.24, 2.45) is 14.1 Å². The van der Waals surface area contributed by atoms with Gasteiger partial charge < -0.3 is 14.6 Å². The minimum atomic E-state index is -0.499. The molecule has 0 aliphatic heterocycles. The minimum Gasteiger partial charge on any atom is -0.465 e. The fourth-order valence-electron chi connectivity index (χ4n) is 2.55. The van der Waals surface area contributed by atoms with Crippen molar-refractivity contribution in [3.05, 3.63) is 67.5 Å². The molecule has 2 aromatic rings. The third kappa shape index (κ3) is 4.22. The van der Waals surface area contributed by atoms with E-state index in [0.717, 1.165) is 15.7 Å². The molecule has 8 heteroatoms. The van der Waals surface area contributed by atoms with Gasteiger partial charge in [0, 0.05) is 32.1 Å². The second-order valence-corrected chi connectivity index (χ2v) is 6.12. The lowest BCUT2D eigenvalue weighted by Crippen LogP contribution is -2.37. The molecule has 0 saturated carbocycles. The van der Waals surface area contributed by atoms with E-state index in [1.54, 1.807) is 13.0 Å². The number of carbonyl (C=O) groups excluding carboxylic acids is 2. The summed E-state index contributed by atoms with van der Waals surface area (Å²) in [4.78, 5) is 47.8. The Labute approximate surface area is 155 Å². The van der Waals surface area contributed by atoms with E-state index in [0.29, 0.717) is 11.3 Å². The van der Waals surface area contributed by atoms with Crippen molar-refractivity contribution in [3.8, 4) is 0 Å². The van der Waals surface area contributed by atoms with E-state index >= 15 is 0 Å². The van der Waals surface area contributed by atoms with Gasteiger partial charge in [0.15, 0.2) is 0 Å². The molecule has 0 spiro atoms. The fraction of sp³-hybridized carbons (Fsp3) is 0.263. The van der Waals surface area contributed by atoms with Gasteiger partial charge in [-0.15, -0.1) is 0 Å². The number of anilines is 1. The van der Waals surface area contributed by atoms with E-state index in [-0.39, 0.29) is 5.56 Å². The van der Waals surface area contributed by atoms with Crippen LogP contribution in [0.4, 0.5) is 5.69 Å². The molecule has 0 fully saturated rings. The van der Waals surface area contributed by atoms with Gasteiger partial charge in [-0.2, -0.15) is 0 Å². The number of esters is 1. The Morgan fingerprint density at radius 3 is 2.44 bits per heavy atom. The molecule has 0 atom stereocenters. The predicted molar refractivity (Wildman–Crippen MR) is 102 cm³/mol. The highest BCUT2D eigenvalue weighted by atomic mass is 16.5. The number of hydrogen-bond acceptors (Lipinski definition) is 5. The maximum atomic E-state index is 12.2. The third-order valence-electron chi connectivity index (χ3n) is 4.23. The third-order valence-corrected chi connectivity index (χ3v) is 4.23. The van der Waals surface area contributed by atoms with Crippen LogP contribution in [0.5, 0.6) is 0 Å². The normalized spacial score (nSPS) is 10.9. The maximum absolute atomic E-state index is 12.2. The summed E-state index contributed by atoms with van der Waals surface area (Å²) >= 11 is 0. The molecule has 1 N–H and O–H groups in total. The van der Waals surface area contributed by atoms with Crippen LogP contribution in [0.2, 0.25) is 0 Å². The van der Waals surface area contributed by atoms with E-state index in [1.165, 1.54) is 50.2 Å². The molecular formula is C19H21N3O5. The Morgan fingerprint density at radius 2 is 1.81 bits per heavy atom. The van der Waals surface area contributed by atoms with Crippen LogP contribution in [0.3, 0.4) is 0 Å². The van der Waals surface area contributed by atoms with Gasteiger partial charge in [0.1, 0.15) is 0 Å². The average molecular weight is 371 g/mol. The molecule has 0 unspecified atom stereocenters. The number of methoxy groups -OCH3 is 1. The van der Waals surface area contributed by atoms with Crippen molar-refractivity contribution in [1.82, 2.24) is 9.13 Å². The van der Waals surface area contributed by atoms with E-state index in [9.17, 15) is 19.2 Å². The first-order valence-corrected chi connectivity index (χ1v) is 8.11. The Balaban J connectivity index is 2.28. The van der Waals surface area contributed by atoms with E-state index in [2.05, 4.69) is 5.32 Å². The van der Waals surface area contributed by atoms with Crippen LogP contribution in [-0.2, 0) is 23.6 Å². The molecule has 0 bridgehead atoms. The summed E-state index contributed by atoms with van der Waals surface area (Å²) in [6, 6.07) is 3.27. The number of ether oxygens (including phenoxy) is 1. The lowest BCUT2D eigenvalue weighted by atomic mass is 10.0. The van der Waals surface area contributed by atoms with Crippen molar-refractivity contribution in [2.75, 3.05) is 12.4 Å². The minimum absolute atomic E-state index is 0.199. The molecule has 0 aliphatic rings. The van der Waals surface area contributed by atoms with Crippen LogP contribution in [-0.4, -0.2) is 28.1 Å². The molecule has 8 nitrogen and oxygen atoms in total. The molecule has 1 aromatic heterocycles. The summed E-state index contributed by atoms with van der Waals surface area (Å²) in [6.07, 6.45) is 3.88. The zero-order chi connectivity index (χ0) is 20.3. The number of amides is 1. The Morgan fingerprint density at radius 1 is 1.15 bits per heavy atom. The molecule has 1 amide bonds. The highest BCUT2D eigenvalue weighted by Gasteiger charge is 2.13. The van der Waals surface area contributed by atoms with Gasteiger partial charge in [-0.3, -0.25) is 14.2 Å². The van der Waals surface area contributed by atoms with Crippen molar-refractivity contribution in [2.45, 2.75) is 13.8 Å². The maximum Gasteiger partial charge on any atom is 0.338 e. The van der Waals surface area contributed by atoms with Crippen molar-refractivity contribution in [1.29, 1.82) is 0 Å². The van der Waals surface area contributed by atoms with Crippen LogP contribution in [0.25, 0.3) is 6.08 Å². The number of aryl methyl sites for hydroxylation is 2. The largest absolute Gasteiger partial charge is 0.465 e. The Hall–Kier alpha value is -3.42. The number of hydrogen-bond donors (Lipinski definition) is 1. The molecule has 1 heterocycles. The van der Waals surface area contributed by atoms with Crippen molar-refractivity contribution >= 4 is 23.6 Å². The summed E-state index contributed by atoms with van der Waals surface area (Å²) in [5.41, 5.74) is 1.64. The van der Waals surface area contributed by atoms with Gasteiger partial charge in [-0.25, -0.2) is 9.59 Å². The summed E-state index contributed by atoms with van der Waals surface area (Å²) < 4.78 is 6.97. The summed E-state index contributed by atoms with van der Waals surface area (Å²) in [6.45, 7) is 3.62. The van der Waals surface area contributed by atoms with Gasteiger partial charge >= 0.3 is 11.7 Å². The van der Waals surface area contributed by atoms with Crippen LogP contribution in [0.15, 0.2) is 34.0 Å². The fourth-order valence-corrected chi connectivity index (χ4v) is 2.55. The quantitative estimate of drug-likeness (QED) is 0.642. The van der Waals surface area contributed by atoms with E-state index in [4.69, 9.17) is 4.74 Å². The highest BCUT2D eigenvalue weighted by Crippen LogP contribution is 2.20. The number of rotatable bonds is 4. The Bertz CT molecular complexity index is 1060. The van der Waals surface area contributed by atoms with Crippen LogP contribution in [0.1, 0.15) is 27.0 Å². The lowest BCUT2D eigenvalue weighted by molar-refractivity contribution is -0.111. The van der Waals surface area contributed by atoms with Gasteiger partial charge in [0.05, 0.1) is 18.2 Å². The number of nitrogens with zero attached hydrogens (tertiary/aromatic N) is 2. The number of carbonyl (C=O) groups is 2. The Kier molecular flexibility index (Phi) is 5.79. The van der Waals surface area contributed by atoms with Crippen molar-refractivity contribution in [3.63, 3.8) is 0 Å².